The molecule has 1 aliphatic rings. The second-order valence-corrected chi connectivity index (χ2v) is 5.91. The second-order valence-electron chi connectivity index (χ2n) is 4.00. The average molecular weight is 272 g/mol. The third kappa shape index (κ3) is 2.32. The first-order valence-electron chi connectivity index (χ1n) is 5.54. The molecule has 0 amide bonds. The highest BCUT2D eigenvalue weighted by Gasteiger charge is 2.34. The number of rotatable bonds is 4. The van der Waals surface area contributed by atoms with E-state index < -0.39 is 10.0 Å². The van der Waals surface area contributed by atoms with Gasteiger partial charge in [0.2, 0.25) is 10.0 Å². The summed E-state index contributed by atoms with van der Waals surface area (Å²) in [6.45, 7) is 0.803. The van der Waals surface area contributed by atoms with Gasteiger partial charge in [-0.2, -0.15) is 4.31 Å². The third-order valence-corrected chi connectivity index (χ3v) is 4.86. The molecule has 0 spiro atoms. The van der Waals surface area contributed by atoms with Crippen LogP contribution < -0.4 is 11.3 Å². The Morgan fingerprint density at radius 1 is 1.61 bits per heavy atom. The number of methoxy groups -OCH3 is 1. The van der Waals surface area contributed by atoms with Crippen LogP contribution in [0.2, 0.25) is 0 Å². The van der Waals surface area contributed by atoms with Gasteiger partial charge in [0.1, 0.15) is 4.90 Å². The van der Waals surface area contributed by atoms with Crippen molar-refractivity contribution in [3.63, 3.8) is 0 Å². The Bertz CT molecular complexity index is 520. The van der Waals surface area contributed by atoms with E-state index in [9.17, 15) is 8.42 Å². The number of ether oxygens (including phenoxy) is 1. The molecule has 8 heteroatoms. The molecular weight excluding hydrogens is 256 g/mol. The maximum Gasteiger partial charge on any atom is 0.246 e. The van der Waals surface area contributed by atoms with E-state index in [4.69, 9.17) is 10.6 Å². The van der Waals surface area contributed by atoms with Gasteiger partial charge in [-0.15, -0.1) is 0 Å². The van der Waals surface area contributed by atoms with Crippen molar-refractivity contribution >= 4 is 15.8 Å². The van der Waals surface area contributed by atoms with Crippen LogP contribution in [0.3, 0.4) is 0 Å². The van der Waals surface area contributed by atoms with Crippen molar-refractivity contribution in [3.8, 4) is 0 Å². The summed E-state index contributed by atoms with van der Waals surface area (Å²) in [5.41, 5.74) is 2.30. The average Bonchev–Trinajstić information content (AvgIpc) is 2.88. The van der Waals surface area contributed by atoms with Crippen molar-refractivity contribution in [2.75, 3.05) is 25.6 Å². The quantitative estimate of drug-likeness (QED) is 0.581. The number of hydrogen-bond acceptors (Lipinski definition) is 6. The molecule has 0 aliphatic carbocycles. The molecule has 3 N–H and O–H groups in total. The maximum absolute atomic E-state index is 12.4. The third-order valence-electron chi connectivity index (χ3n) is 2.97. The molecule has 1 fully saturated rings. The smallest absolute Gasteiger partial charge is 0.246 e. The Morgan fingerprint density at radius 2 is 2.39 bits per heavy atom. The SMILES string of the molecule is COC1CCN(S(=O)(=O)c2cccnc2NN)C1. The summed E-state index contributed by atoms with van der Waals surface area (Å²) < 4.78 is 31.4. The summed E-state index contributed by atoms with van der Waals surface area (Å²) in [6, 6.07) is 3.05. The maximum atomic E-state index is 12.4. The number of nitrogens with zero attached hydrogens (tertiary/aromatic N) is 2. The molecule has 2 rings (SSSR count). The lowest BCUT2D eigenvalue weighted by molar-refractivity contribution is 0.115. The van der Waals surface area contributed by atoms with E-state index in [0.717, 1.165) is 0 Å². The molecule has 1 aromatic rings. The second kappa shape index (κ2) is 5.19. The molecule has 7 nitrogen and oxygen atoms in total. The van der Waals surface area contributed by atoms with E-state index >= 15 is 0 Å². The zero-order valence-electron chi connectivity index (χ0n) is 10.0. The first kappa shape index (κ1) is 13.2. The molecule has 0 bridgehead atoms. The molecule has 1 atom stereocenters. The van der Waals surface area contributed by atoms with Crippen molar-refractivity contribution in [1.82, 2.24) is 9.29 Å². The van der Waals surface area contributed by atoms with Crippen LogP contribution in [0.1, 0.15) is 6.42 Å². The molecule has 1 aliphatic heterocycles. The van der Waals surface area contributed by atoms with Crippen LogP contribution in [0, 0.1) is 0 Å². The summed E-state index contributed by atoms with van der Waals surface area (Å²) in [7, 11) is -2.00. The molecule has 1 saturated heterocycles. The van der Waals surface area contributed by atoms with E-state index in [1.54, 1.807) is 13.2 Å². The fraction of sp³-hybridized carbons (Fsp3) is 0.500. The van der Waals surface area contributed by atoms with Gasteiger partial charge in [0, 0.05) is 26.4 Å². The van der Waals surface area contributed by atoms with Gasteiger partial charge >= 0.3 is 0 Å². The van der Waals surface area contributed by atoms with E-state index in [-0.39, 0.29) is 16.8 Å². The number of nitrogen functional groups attached to an aromatic ring is 1. The number of hydrogen-bond donors (Lipinski definition) is 2. The molecule has 1 unspecified atom stereocenters. The zero-order chi connectivity index (χ0) is 13.2. The summed E-state index contributed by atoms with van der Waals surface area (Å²) >= 11 is 0. The van der Waals surface area contributed by atoms with E-state index in [1.165, 1.54) is 16.6 Å². The van der Waals surface area contributed by atoms with Gasteiger partial charge in [-0.3, -0.25) is 0 Å². The Kier molecular flexibility index (Phi) is 3.81. The minimum Gasteiger partial charge on any atom is -0.380 e. The molecule has 18 heavy (non-hydrogen) atoms. The van der Waals surface area contributed by atoms with Gasteiger partial charge in [0.05, 0.1) is 6.10 Å². The number of hydrazine groups is 1. The van der Waals surface area contributed by atoms with Crippen molar-refractivity contribution < 1.29 is 13.2 Å². The molecule has 2 heterocycles. The minimum atomic E-state index is -3.58. The van der Waals surface area contributed by atoms with Crippen molar-refractivity contribution in [1.29, 1.82) is 0 Å². The summed E-state index contributed by atoms with van der Waals surface area (Å²) in [5, 5.41) is 0. The van der Waals surface area contributed by atoms with E-state index in [0.29, 0.717) is 19.5 Å². The molecule has 0 radical (unpaired) electrons. The van der Waals surface area contributed by atoms with Gasteiger partial charge in [-0.25, -0.2) is 19.2 Å². The number of pyridine rings is 1. The van der Waals surface area contributed by atoms with Crippen molar-refractivity contribution in [3.05, 3.63) is 18.3 Å². The number of nitrogens with one attached hydrogen (secondary N) is 1. The van der Waals surface area contributed by atoms with Crippen LogP contribution in [0.5, 0.6) is 0 Å². The normalized spacial score (nSPS) is 21.1. The molecule has 0 aromatic carbocycles. The number of nitrogens with two attached hydrogens (primary N) is 1. The molecule has 100 valence electrons. The van der Waals surface area contributed by atoms with Gasteiger partial charge in [-0.1, -0.05) is 0 Å². The Hall–Kier alpha value is -1.22. The van der Waals surface area contributed by atoms with Crippen LogP contribution in [0.4, 0.5) is 5.82 Å². The van der Waals surface area contributed by atoms with Crippen LogP contribution in [0.25, 0.3) is 0 Å². The molecule has 0 saturated carbocycles. The first-order chi connectivity index (χ1) is 8.59. The lowest BCUT2D eigenvalue weighted by atomic mass is 10.3. The standard InChI is InChI=1S/C10H16N4O3S/c1-17-8-4-6-14(7-8)18(15,16)9-3-2-5-12-10(9)13-11/h2-3,5,8H,4,6-7,11H2,1H3,(H,12,13). The topological polar surface area (TPSA) is 97.5 Å². The monoisotopic (exact) mass is 272 g/mol. The van der Waals surface area contributed by atoms with Crippen LogP contribution in [0.15, 0.2) is 23.2 Å². The lowest BCUT2D eigenvalue weighted by Crippen LogP contribution is -2.31. The van der Waals surface area contributed by atoms with Gasteiger partial charge in [0.25, 0.3) is 0 Å². The largest absolute Gasteiger partial charge is 0.380 e. The molecule has 1 aromatic heterocycles. The zero-order valence-corrected chi connectivity index (χ0v) is 10.9. The van der Waals surface area contributed by atoms with Crippen LogP contribution in [-0.4, -0.2) is 44.0 Å². The van der Waals surface area contributed by atoms with Gasteiger partial charge in [-0.05, 0) is 18.6 Å². The molecular formula is C10H16N4O3S. The van der Waals surface area contributed by atoms with Gasteiger partial charge < -0.3 is 10.2 Å². The fourth-order valence-corrected chi connectivity index (χ4v) is 3.55. The summed E-state index contributed by atoms with van der Waals surface area (Å²) in [5.74, 6) is 5.43. The highest BCUT2D eigenvalue weighted by molar-refractivity contribution is 7.89. The predicted molar refractivity (Wildman–Crippen MR) is 66.2 cm³/mol. The predicted octanol–water partition coefficient (Wildman–Crippen LogP) is -0.223. The highest BCUT2D eigenvalue weighted by atomic mass is 32.2. The van der Waals surface area contributed by atoms with E-state index in [2.05, 4.69) is 10.4 Å². The number of sulfonamides is 1. The summed E-state index contributed by atoms with van der Waals surface area (Å²) in [6.07, 6.45) is 2.13. The van der Waals surface area contributed by atoms with Gasteiger partial charge in [0.15, 0.2) is 5.82 Å². The lowest BCUT2D eigenvalue weighted by Gasteiger charge is -2.17. The Labute approximate surface area is 106 Å². The minimum absolute atomic E-state index is 0.0502. The van der Waals surface area contributed by atoms with Crippen molar-refractivity contribution in [2.45, 2.75) is 17.4 Å². The Morgan fingerprint density at radius 3 is 3.00 bits per heavy atom. The first-order valence-corrected chi connectivity index (χ1v) is 6.98. The highest BCUT2D eigenvalue weighted by Crippen LogP contribution is 2.25. The van der Waals surface area contributed by atoms with Crippen molar-refractivity contribution in [2.24, 2.45) is 5.84 Å². The fourth-order valence-electron chi connectivity index (χ4n) is 1.95. The number of anilines is 1. The summed E-state index contributed by atoms with van der Waals surface area (Å²) in [4.78, 5) is 3.99. The van der Waals surface area contributed by atoms with Crippen LogP contribution in [-0.2, 0) is 14.8 Å². The Balaban J connectivity index is 2.31. The van der Waals surface area contributed by atoms with E-state index in [1.807, 2.05) is 0 Å². The van der Waals surface area contributed by atoms with Crippen LogP contribution >= 0.6 is 0 Å². The number of aromatic nitrogens is 1.